The van der Waals surface area contributed by atoms with Crippen molar-refractivity contribution >= 4 is 23.6 Å². The molecule has 1 aromatic rings. The Hall–Kier alpha value is -1.82. The topological polar surface area (TPSA) is 69.6 Å². The van der Waals surface area contributed by atoms with Crippen LogP contribution in [0, 0.1) is 11.7 Å². The van der Waals surface area contributed by atoms with Gasteiger partial charge in [0.05, 0.1) is 12.0 Å². The molecule has 1 rings (SSSR count). The predicted molar refractivity (Wildman–Crippen MR) is 77.8 cm³/mol. The van der Waals surface area contributed by atoms with Crippen LogP contribution in [0.25, 0.3) is 0 Å². The number of aliphatic carboxylic acids is 1. The second-order valence-electron chi connectivity index (χ2n) is 4.96. The second-order valence-corrected chi connectivity index (χ2v) is 5.36. The van der Waals surface area contributed by atoms with Gasteiger partial charge in [-0.25, -0.2) is 9.18 Å². The van der Waals surface area contributed by atoms with Crippen molar-refractivity contribution in [1.29, 1.82) is 0 Å². The van der Waals surface area contributed by atoms with E-state index in [1.165, 1.54) is 37.1 Å². The van der Waals surface area contributed by atoms with E-state index in [-0.39, 0.29) is 11.6 Å². The summed E-state index contributed by atoms with van der Waals surface area (Å²) >= 11 is 5.93. The Bertz CT molecular complexity index is 539. The summed E-state index contributed by atoms with van der Waals surface area (Å²) in [5.41, 5.74) is 0.589. The number of carboxylic acid groups (broad SMARTS) is 1. The van der Waals surface area contributed by atoms with Gasteiger partial charge in [0, 0.05) is 18.6 Å². The van der Waals surface area contributed by atoms with E-state index in [4.69, 9.17) is 16.7 Å². The van der Waals surface area contributed by atoms with Crippen LogP contribution in [-0.2, 0) is 4.79 Å². The van der Waals surface area contributed by atoms with Gasteiger partial charge in [-0.05, 0) is 24.6 Å². The summed E-state index contributed by atoms with van der Waals surface area (Å²) in [7, 11) is 1.51. The highest BCUT2D eigenvalue weighted by Gasteiger charge is 2.19. The Labute approximate surface area is 127 Å². The number of carboxylic acids is 1. The molecule has 0 radical (unpaired) electrons. The summed E-state index contributed by atoms with van der Waals surface area (Å²) in [4.78, 5) is 24.0. The first-order valence-corrected chi connectivity index (χ1v) is 6.79. The standard InChI is InChI=1S/C14H18ClFN2O3/c1-8(13(19)20)7-18(3)14(21)17-9(2)11-5-4-10(16)6-12(11)15/h4-6,8-9H,7H2,1-3H3,(H,17,21)(H,19,20)/t8?,9-/m1/s1. The molecule has 2 N–H and O–H groups in total. The summed E-state index contributed by atoms with van der Waals surface area (Å²) in [5, 5.41) is 11.7. The van der Waals surface area contributed by atoms with Gasteiger partial charge in [0.1, 0.15) is 5.82 Å². The molecule has 2 atom stereocenters. The van der Waals surface area contributed by atoms with Gasteiger partial charge in [-0.1, -0.05) is 24.6 Å². The van der Waals surface area contributed by atoms with E-state index in [1.54, 1.807) is 6.92 Å². The van der Waals surface area contributed by atoms with Crippen LogP contribution < -0.4 is 5.32 Å². The average Bonchev–Trinajstić information content (AvgIpc) is 2.37. The third-order valence-electron chi connectivity index (χ3n) is 3.08. The van der Waals surface area contributed by atoms with Crippen LogP contribution in [0.3, 0.4) is 0 Å². The third-order valence-corrected chi connectivity index (χ3v) is 3.41. The van der Waals surface area contributed by atoms with Crippen molar-refractivity contribution in [2.45, 2.75) is 19.9 Å². The fourth-order valence-corrected chi connectivity index (χ4v) is 2.13. The number of hydrogen-bond donors (Lipinski definition) is 2. The van der Waals surface area contributed by atoms with E-state index >= 15 is 0 Å². The molecule has 1 unspecified atom stereocenters. The fourth-order valence-electron chi connectivity index (χ4n) is 1.80. The Kier molecular flexibility index (Phi) is 5.96. The predicted octanol–water partition coefficient (Wildman–Crippen LogP) is 2.90. The van der Waals surface area contributed by atoms with Crippen molar-refractivity contribution in [3.8, 4) is 0 Å². The second kappa shape index (κ2) is 7.26. The molecular formula is C14H18ClFN2O3. The number of rotatable bonds is 5. The zero-order valence-corrected chi connectivity index (χ0v) is 12.8. The first kappa shape index (κ1) is 17.2. The molecule has 0 heterocycles. The molecule has 0 aliphatic carbocycles. The molecule has 0 bridgehead atoms. The fraction of sp³-hybridized carbons (Fsp3) is 0.429. The van der Waals surface area contributed by atoms with Crippen LogP contribution in [0.2, 0.25) is 5.02 Å². The van der Waals surface area contributed by atoms with Gasteiger partial charge in [0.15, 0.2) is 0 Å². The van der Waals surface area contributed by atoms with Crippen molar-refractivity contribution in [2.24, 2.45) is 5.92 Å². The Morgan fingerprint density at radius 3 is 2.57 bits per heavy atom. The number of carbonyl (C=O) groups excluding carboxylic acids is 1. The van der Waals surface area contributed by atoms with Crippen molar-refractivity contribution in [1.82, 2.24) is 10.2 Å². The largest absolute Gasteiger partial charge is 0.481 e. The molecule has 0 aliphatic heterocycles. The highest BCUT2D eigenvalue weighted by atomic mass is 35.5. The third kappa shape index (κ3) is 4.90. The molecule has 0 spiro atoms. The first-order valence-electron chi connectivity index (χ1n) is 6.41. The molecular weight excluding hydrogens is 299 g/mol. The number of urea groups is 1. The van der Waals surface area contributed by atoms with E-state index in [9.17, 15) is 14.0 Å². The Balaban J connectivity index is 2.67. The number of benzene rings is 1. The van der Waals surface area contributed by atoms with Crippen molar-refractivity contribution in [3.05, 3.63) is 34.6 Å². The number of amides is 2. The number of halogens is 2. The van der Waals surface area contributed by atoms with Gasteiger partial charge < -0.3 is 15.3 Å². The summed E-state index contributed by atoms with van der Waals surface area (Å²) in [6.45, 7) is 3.32. The lowest BCUT2D eigenvalue weighted by molar-refractivity contribution is -0.141. The molecule has 21 heavy (non-hydrogen) atoms. The molecule has 116 valence electrons. The monoisotopic (exact) mass is 316 g/mol. The SMILES string of the molecule is CC(CN(C)C(=O)N[C@H](C)c1ccc(F)cc1Cl)C(=O)O. The summed E-state index contributed by atoms with van der Waals surface area (Å²) in [5.74, 6) is -2.08. The van der Waals surface area contributed by atoms with E-state index < -0.39 is 29.8 Å². The molecule has 5 nitrogen and oxygen atoms in total. The van der Waals surface area contributed by atoms with Crippen LogP contribution in [0.5, 0.6) is 0 Å². The smallest absolute Gasteiger partial charge is 0.317 e. The molecule has 2 amide bonds. The van der Waals surface area contributed by atoms with Gasteiger partial charge in [0.25, 0.3) is 0 Å². The lowest BCUT2D eigenvalue weighted by Gasteiger charge is -2.23. The van der Waals surface area contributed by atoms with Crippen molar-refractivity contribution < 1.29 is 19.1 Å². The first-order chi connectivity index (χ1) is 9.72. The zero-order valence-electron chi connectivity index (χ0n) is 12.1. The van der Waals surface area contributed by atoms with Gasteiger partial charge in [0.2, 0.25) is 0 Å². The summed E-state index contributed by atoms with van der Waals surface area (Å²) in [6.07, 6.45) is 0. The minimum atomic E-state index is -0.968. The number of nitrogens with one attached hydrogen (secondary N) is 1. The quantitative estimate of drug-likeness (QED) is 0.877. The molecule has 0 saturated carbocycles. The van der Waals surface area contributed by atoms with E-state index in [0.29, 0.717) is 5.56 Å². The Morgan fingerprint density at radius 1 is 1.43 bits per heavy atom. The lowest BCUT2D eigenvalue weighted by atomic mass is 10.1. The molecule has 7 heteroatoms. The van der Waals surface area contributed by atoms with Crippen molar-refractivity contribution in [3.63, 3.8) is 0 Å². The minimum Gasteiger partial charge on any atom is -0.481 e. The maximum Gasteiger partial charge on any atom is 0.317 e. The van der Waals surface area contributed by atoms with Crippen LogP contribution in [0.1, 0.15) is 25.5 Å². The number of hydrogen-bond acceptors (Lipinski definition) is 2. The lowest BCUT2D eigenvalue weighted by Crippen LogP contribution is -2.41. The van der Waals surface area contributed by atoms with Crippen LogP contribution >= 0.6 is 11.6 Å². The Morgan fingerprint density at radius 2 is 2.05 bits per heavy atom. The zero-order chi connectivity index (χ0) is 16.2. The van der Waals surface area contributed by atoms with E-state index in [2.05, 4.69) is 5.32 Å². The van der Waals surface area contributed by atoms with Gasteiger partial charge >= 0.3 is 12.0 Å². The average molecular weight is 317 g/mol. The highest BCUT2D eigenvalue weighted by Crippen LogP contribution is 2.23. The van der Waals surface area contributed by atoms with E-state index in [1.807, 2.05) is 0 Å². The molecule has 1 aromatic carbocycles. The maximum absolute atomic E-state index is 13.0. The molecule has 0 fully saturated rings. The van der Waals surface area contributed by atoms with Crippen LogP contribution in [0.4, 0.5) is 9.18 Å². The van der Waals surface area contributed by atoms with Gasteiger partial charge in [-0.15, -0.1) is 0 Å². The summed E-state index contributed by atoms with van der Waals surface area (Å²) in [6, 6.07) is 3.10. The molecule has 0 saturated heterocycles. The van der Waals surface area contributed by atoms with Crippen LogP contribution in [-0.4, -0.2) is 35.6 Å². The van der Waals surface area contributed by atoms with Gasteiger partial charge in [-0.3, -0.25) is 4.79 Å². The number of nitrogens with zero attached hydrogens (tertiary/aromatic N) is 1. The highest BCUT2D eigenvalue weighted by molar-refractivity contribution is 6.31. The van der Waals surface area contributed by atoms with Gasteiger partial charge in [-0.2, -0.15) is 0 Å². The number of carbonyl (C=O) groups is 2. The van der Waals surface area contributed by atoms with E-state index in [0.717, 1.165) is 0 Å². The minimum absolute atomic E-state index is 0.0883. The normalized spacial score (nSPS) is 13.4. The van der Waals surface area contributed by atoms with Crippen molar-refractivity contribution in [2.75, 3.05) is 13.6 Å². The molecule has 0 aliphatic rings. The maximum atomic E-state index is 13.0. The van der Waals surface area contributed by atoms with Crippen LogP contribution in [0.15, 0.2) is 18.2 Å². The molecule has 0 aromatic heterocycles. The summed E-state index contributed by atoms with van der Waals surface area (Å²) < 4.78 is 13.0.